The summed E-state index contributed by atoms with van der Waals surface area (Å²) >= 11 is 0. The monoisotopic (exact) mass is 467 g/mol. The Labute approximate surface area is 202 Å². The van der Waals surface area contributed by atoms with Gasteiger partial charge < -0.3 is 19.8 Å². The molecule has 34 heavy (non-hydrogen) atoms. The number of piperidine rings is 1. The van der Waals surface area contributed by atoms with Crippen molar-refractivity contribution in [3.05, 3.63) is 46.6 Å². The van der Waals surface area contributed by atoms with Gasteiger partial charge in [0.05, 0.1) is 18.8 Å². The minimum Gasteiger partial charge on any atom is -0.508 e. The maximum Gasteiger partial charge on any atom is 0.258 e. The lowest BCUT2D eigenvalue weighted by atomic mass is 9.93. The standard InChI is InChI=1S/C27H37N3O4/c1-18(2)23-14-24(26(32)15-25(23)31)27(33)30-16-19-3-4-22(13-20(19)17-30)28-7-5-21(6-8-28)29-9-11-34-12-10-29/h3-4,14-15,18,21-22,31-32H,5-13,16-17H2,1-2H3. The highest BCUT2D eigenvalue weighted by molar-refractivity contribution is 5.98. The minimum atomic E-state index is -0.176. The Balaban J connectivity index is 1.19. The van der Waals surface area contributed by atoms with Gasteiger partial charge in [0.15, 0.2) is 0 Å². The Bertz CT molecular complexity index is 988. The predicted octanol–water partition coefficient (Wildman–Crippen LogP) is 3.10. The maximum absolute atomic E-state index is 13.3. The molecule has 1 atom stereocenters. The van der Waals surface area contributed by atoms with Gasteiger partial charge in [0.2, 0.25) is 0 Å². The van der Waals surface area contributed by atoms with Crippen LogP contribution in [0.5, 0.6) is 11.5 Å². The van der Waals surface area contributed by atoms with Crippen molar-refractivity contribution in [2.24, 2.45) is 0 Å². The van der Waals surface area contributed by atoms with E-state index in [4.69, 9.17) is 4.74 Å². The largest absolute Gasteiger partial charge is 0.508 e. The van der Waals surface area contributed by atoms with Crippen LogP contribution in [0.2, 0.25) is 0 Å². The van der Waals surface area contributed by atoms with Crippen molar-refractivity contribution in [3.8, 4) is 11.5 Å². The fourth-order valence-corrected chi connectivity index (χ4v) is 5.94. The molecule has 0 saturated carbocycles. The molecule has 184 valence electrons. The quantitative estimate of drug-likeness (QED) is 0.709. The van der Waals surface area contributed by atoms with Crippen LogP contribution in [0.15, 0.2) is 35.4 Å². The lowest BCUT2D eigenvalue weighted by Gasteiger charge is -2.42. The molecule has 2 N–H and O–H groups in total. The summed E-state index contributed by atoms with van der Waals surface area (Å²) in [5.74, 6) is -0.238. The van der Waals surface area contributed by atoms with Crippen LogP contribution in [0.1, 0.15) is 54.9 Å². The van der Waals surface area contributed by atoms with Gasteiger partial charge >= 0.3 is 0 Å². The molecule has 1 unspecified atom stereocenters. The van der Waals surface area contributed by atoms with Crippen LogP contribution < -0.4 is 0 Å². The molecule has 0 aromatic heterocycles. The van der Waals surface area contributed by atoms with E-state index < -0.39 is 0 Å². The Morgan fingerprint density at radius 1 is 1.00 bits per heavy atom. The molecule has 7 heteroatoms. The number of rotatable bonds is 4. The van der Waals surface area contributed by atoms with Crippen LogP contribution in [-0.2, 0) is 4.74 Å². The van der Waals surface area contributed by atoms with E-state index >= 15 is 0 Å². The first-order valence-corrected chi connectivity index (χ1v) is 12.7. The fourth-order valence-electron chi connectivity index (χ4n) is 5.94. The highest BCUT2D eigenvalue weighted by Gasteiger charge is 2.34. The zero-order chi connectivity index (χ0) is 23.8. The number of benzene rings is 1. The number of phenolic OH excluding ortho intramolecular Hbond substituents is 2. The SMILES string of the molecule is CC(C)c1cc(C(=O)N2CC3=C(CC(N4CCC(N5CCOCC5)CC4)C=C3)C2)c(O)cc1O. The van der Waals surface area contributed by atoms with E-state index in [1.54, 1.807) is 6.07 Å². The van der Waals surface area contributed by atoms with Crippen molar-refractivity contribution in [1.82, 2.24) is 14.7 Å². The molecule has 0 bridgehead atoms. The molecule has 0 spiro atoms. The van der Waals surface area contributed by atoms with E-state index in [0.717, 1.165) is 45.8 Å². The number of carbonyl (C=O) groups excluding carboxylic acids is 1. The van der Waals surface area contributed by atoms with Gasteiger partial charge in [-0.2, -0.15) is 0 Å². The molecule has 3 aliphatic heterocycles. The normalized spacial score (nSPS) is 24.8. The van der Waals surface area contributed by atoms with Crippen LogP contribution in [0.4, 0.5) is 0 Å². The second-order valence-corrected chi connectivity index (χ2v) is 10.4. The van der Waals surface area contributed by atoms with Crippen LogP contribution >= 0.6 is 0 Å². The molecule has 5 rings (SSSR count). The number of morpholine rings is 1. The van der Waals surface area contributed by atoms with E-state index in [2.05, 4.69) is 22.0 Å². The lowest BCUT2D eigenvalue weighted by Crippen LogP contribution is -2.50. The van der Waals surface area contributed by atoms with Crippen molar-refractivity contribution < 1.29 is 19.7 Å². The molecule has 3 heterocycles. The van der Waals surface area contributed by atoms with E-state index in [0.29, 0.717) is 30.7 Å². The number of aromatic hydroxyl groups is 2. The third kappa shape index (κ3) is 4.61. The third-order valence-corrected chi connectivity index (χ3v) is 7.99. The van der Waals surface area contributed by atoms with Gasteiger partial charge in [-0.05, 0) is 48.0 Å². The summed E-state index contributed by atoms with van der Waals surface area (Å²) in [5.41, 5.74) is 3.51. The summed E-state index contributed by atoms with van der Waals surface area (Å²) in [4.78, 5) is 20.3. The van der Waals surface area contributed by atoms with Crippen molar-refractivity contribution in [3.63, 3.8) is 0 Å². The number of carbonyl (C=O) groups is 1. The first-order valence-electron chi connectivity index (χ1n) is 12.7. The number of hydrogen-bond acceptors (Lipinski definition) is 6. The Hall–Kier alpha value is -2.35. The van der Waals surface area contributed by atoms with Crippen molar-refractivity contribution >= 4 is 5.91 Å². The maximum atomic E-state index is 13.3. The second kappa shape index (κ2) is 9.72. The van der Waals surface area contributed by atoms with Gasteiger partial charge in [-0.3, -0.25) is 14.6 Å². The zero-order valence-corrected chi connectivity index (χ0v) is 20.4. The van der Waals surface area contributed by atoms with Crippen molar-refractivity contribution in [1.29, 1.82) is 0 Å². The summed E-state index contributed by atoms with van der Waals surface area (Å²) in [6, 6.07) is 4.01. The van der Waals surface area contributed by atoms with E-state index in [9.17, 15) is 15.0 Å². The smallest absolute Gasteiger partial charge is 0.258 e. The molecule has 2 saturated heterocycles. The number of likely N-dealkylation sites (tertiary alicyclic amines) is 1. The highest BCUT2D eigenvalue weighted by Crippen LogP contribution is 2.35. The van der Waals surface area contributed by atoms with Gasteiger partial charge in [0, 0.05) is 57.4 Å². The molecular formula is C27H37N3O4. The Morgan fingerprint density at radius 2 is 1.74 bits per heavy atom. The molecule has 2 fully saturated rings. The van der Waals surface area contributed by atoms with E-state index in [-0.39, 0.29) is 28.9 Å². The summed E-state index contributed by atoms with van der Waals surface area (Å²) in [6.45, 7) is 11.2. The average molecular weight is 468 g/mol. The Kier molecular flexibility index (Phi) is 6.69. The highest BCUT2D eigenvalue weighted by atomic mass is 16.5. The molecule has 1 aromatic rings. The van der Waals surface area contributed by atoms with E-state index in [1.165, 1.54) is 30.1 Å². The minimum absolute atomic E-state index is 0.0334. The summed E-state index contributed by atoms with van der Waals surface area (Å²) in [7, 11) is 0. The van der Waals surface area contributed by atoms with Gasteiger partial charge in [0.25, 0.3) is 5.91 Å². The third-order valence-electron chi connectivity index (χ3n) is 7.99. The summed E-state index contributed by atoms with van der Waals surface area (Å²) < 4.78 is 5.51. The predicted molar refractivity (Wildman–Crippen MR) is 131 cm³/mol. The number of ether oxygens (including phenoxy) is 1. The topological polar surface area (TPSA) is 76.5 Å². The van der Waals surface area contributed by atoms with Crippen molar-refractivity contribution in [2.75, 3.05) is 52.5 Å². The number of hydrogen-bond donors (Lipinski definition) is 2. The van der Waals surface area contributed by atoms with Crippen LogP contribution in [0.3, 0.4) is 0 Å². The number of amides is 1. The zero-order valence-electron chi connectivity index (χ0n) is 20.4. The molecule has 7 nitrogen and oxygen atoms in total. The summed E-state index contributed by atoms with van der Waals surface area (Å²) in [6.07, 6.45) is 7.91. The lowest BCUT2D eigenvalue weighted by molar-refractivity contribution is -0.00141. The van der Waals surface area contributed by atoms with Gasteiger partial charge in [0.1, 0.15) is 11.5 Å². The van der Waals surface area contributed by atoms with Crippen LogP contribution in [0.25, 0.3) is 0 Å². The van der Waals surface area contributed by atoms with Crippen molar-refractivity contribution in [2.45, 2.75) is 51.1 Å². The molecular weight excluding hydrogens is 430 g/mol. The van der Waals surface area contributed by atoms with Gasteiger partial charge in [-0.25, -0.2) is 0 Å². The molecule has 0 radical (unpaired) electrons. The number of phenols is 2. The Morgan fingerprint density at radius 3 is 2.44 bits per heavy atom. The van der Waals surface area contributed by atoms with Gasteiger partial charge in [-0.15, -0.1) is 0 Å². The molecule has 4 aliphatic rings. The second-order valence-electron chi connectivity index (χ2n) is 10.4. The molecule has 1 amide bonds. The molecule has 1 aliphatic carbocycles. The van der Waals surface area contributed by atoms with Crippen LogP contribution in [-0.4, -0.2) is 95.4 Å². The fraction of sp³-hybridized carbons (Fsp3) is 0.593. The molecule has 1 aromatic carbocycles. The summed E-state index contributed by atoms with van der Waals surface area (Å²) in [5, 5.41) is 20.5. The van der Waals surface area contributed by atoms with Crippen LogP contribution in [0, 0.1) is 0 Å². The average Bonchev–Trinajstić information content (AvgIpc) is 3.28. The number of nitrogens with zero attached hydrogens (tertiary/aromatic N) is 3. The first kappa shape index (κ1) is 23.4. The van der Waals surface area contributed by atoms with Gasteiger partial charge in [-0.1, -0.05) is 26.0 Å². The van der Waals surface area contributed by atoms with E-state index in [1.807, 2.05) is 18.7 Å². The first-order chi connectivity index (χ1) is 16.4.